The third-order valence-electron chi connectivity index (χ3n) is 6.69. The lowest BCUT2D eigenvalue weighted by atomic mass is 9.97. The molecule has 5 aromatic rings. The van der Waals surface area contributed by atoms with E-state index in [-0.39, 0.29) is 0 Å². The molecule has 0 saturated heterocycles. The third kappa shape index (κ3) is 6.72. The van der Waals surface area contributed by atoms with Gasteiger partial charge in [-0.2, -0.15) is 0 Å². The van der Waals surface area contributed by atoms with Gasteiger partial charge in [0.2, 0.25) is 0 Å². The minimum Gasteiger partial charge on any atom is -0.398 e. The van der Waals surface area contributed by atoms with E-state index in [2.05, 4.69) is 52.3 Å². The van der Waals surface area contributed by atoms with Crippen LogP contribution in [0.1, 0.15) is 33.6 Å². The van der Waals surface area contributed by atoms with Crippen molar-refractivity contribution in [3.63, 3.8) is 0 Å². The lowest BCUT2D eigenvalue weighted by Gasteiger charge is -2.13. The molecule has 0 spiro atoms. The summed E-state index contributed by atoms with van der Waals surface area (Å²) in [5.74, 6) is -0.404. The molecule has 0 aliphatic rings. The number of nitrogens with two attached hydrogens (primary N) is 1. The fourth-order valence-electron chi connectivity index (χ4n) is 4.74. The van der Waals surface area contributed by atoms with Crippen LogP contribution in [-0.2, 0) is 6.42 Å². The molecule has 5 rings (SSSR count). The van der Waals surface area contributed by atoms with Gasteiger partial charge in [0, 0.05) is 70.0 Å². The molecule has 0 radical (unpaired) electrons. The number of terminal acetylenes is 1. The number of nitrogens with one attached hydrogen (secondary N) is 2. The lowest BCUT2D eigenvalue weighted by Crippen LogP contribution is -2.01. The van der Waals surface area contributed by atoms with E-state index in [4.69, 9.17) is 5.73 Å². The van der Waals surface area contributed by atoms with Crippen LogP contribution in [0.5, 0.6) is 0 Å². The van der Waals surface area contributed by atoms with Crippen LogP contribution in [0.25, 0.3) is 22.4 Å². The summed E-state index contributed by atoms with van der Waals surface area (Å²) in [5, 5.41) is 3.27. The number of pyridine rings is 2. The summed E-state index contributed by atoms with van der Waals surface area (Å²) in [6, 6.07) is 20.9. The van der Waals surface area contributed by atoms with Gasteiger partial charge < -0.3 is 16.0 Å². The summed E-state index contributed by atoms with van der Waals surface area (Å²) in [7, 11) is 0. The van der Waals surface area contributed by atoms with Crippen molar-refractivity contribution in [2.75, 3.05) is 11.1 Å². The number of aromatic nitrogens is 3. The molecule has 0 aliphatic heterocycles. The van der Waals surface area contributed by atoms with E-state index in [1.165, 1.54) is 6.07 Å². The largest absolute Gasteiger partial charge is 0.398 e. The third-order valence-corrected chi connectivity index (χ3v) is 6.69. The molecular formula is C36H32FN5. The Morgan fingerprint density at radius 1 is 1.00 bits per heavy atom. The summed E-state index contributed by atoms with van der Waals surface area (Å²) in [6.07, 6.45) is 19.2. The minimum absolute atomic E-state index is 0.392. The Hall–Kier alpha value is -5.67. The standard InChI is InChI=1S/C34H30FN5.C2H2/c1-4-9-30(25-12-8-13-37-19-25)31-17-28(40-23(31)3)14-26-16-32(33(35)18-34(26)36)27-15-29(21-38-20-27)39-22(2)24-10-6-5-7-11-24;1-2/h4-13,15-21,39-40H,1-2,14,36H2,3H3;1-2H/b30-9-;. The Labute approximate surface area is 246 Å². The Balaban J connectivity index is 0.00000198. The van der Waals surface area contributed by atoms with Gasteiger partial charge in [0.1, 0.15) is 5.82 Å². The molecule has 208 valence electrons. The van der Waals surface area contributed by atoms with Crippen LogP contribution >= 0.6 is 0 Å². The molecule has 6 heteroatoms. The average molecular weight is 554 g/mol. The average Bonchev–Trinajstić information content (AvgIpc) is 3.38. The van der Waals surface area contributed by atoms with Crippen molar-refractivity contribution >= 4 is 22.6 Å². The van der Waals surface area contributed by atoms with E-state index >= 15 is 4.39 Å². The van der Waals surface area contributed by atoms with Crippen molar-refractivity contribution in [1.82, 2.24) is 15.0 Å². The molecule has 42 heavy (non-hydrogen) atoms. The Morgan fingerprint density at radius 2 is 1.76 bits per heavy atom. The second-order valence-corrected chi connectivity index (χ2v) is 9.53. The number of nitrogen functional groups attached to an aromatic ring is 1. The number of anilines is 2. The number of H-pyrrole nitrogens is 1. The maximum atomic E-state index is 15.2. The molecular weight excluding hydrogens is 521 g/mol. The summed E-state index contributed by atoms with van der Waals surface area (Å²) in [4.78, 5) is 12.1. The molecule has 5 nitrogen and oxygen atoms in total. The van der Waals surface area contributed by atoms with E-state index in [0.717, 1.165) is 44.9 Å². The van der Waals surface area contributed by atoms with Crippen LogP contribution in [0, 0.1) is 25.6 Å². The van der Waals surface area contributed by atoms with Crippen molar-refractivity contribution in [1.29, 1.82) is 0 Å². The predicted octanol–water partition coefficient (Wildman–Crippen LogP) is 8.04. The molecule has 0 saturated carbocycles. The van der Waals surface area contributed by atoms with Gasteiger partial charge in [0.15, 0.2) is 0 Å². The van der Waals surface area contributed by atoms with E-state index in [1.807, 2.05) is 67.7 Å². The van der Waals surface area contributed by atoms with Gasteiger partial charge in [0.25, 0.3) is 0 Å². The number of aromatic amines is 1. The summed E-state index contributed by atoms with van der Waals surface area (Å²) in [6.45, 7) is 10.0. The summed E-state index contributed by atoms with van der Waals surface area (Å²) < 4.78 is 15.2. The van der Waals surface area contributed by atoms with Crippen molar-refractivity contribution in [3.8, 4) is 24.0 Å². The highest BCUT2D eigenvalue weighted by Crippen LogP contribution is 2.32. The maximum Gasteiger partial charge on any atom is 0.133 e. The molecule has 0 amide bonds. The molecule has 0 aliphatic carbocycles. The van der Waals surface area contributed by atoms with E-state index in [0.29, 0.717) is 28.9 Å². The zero-order valence-corrected chi connectivity index (χ0v) is 23.4. The Kier molecular flexibility index (Phi) is 9.49. The van der Waals surface area contributed by atoms with Crippen LogP contribution < -0.4 is 11.1 Å². The second kappa shape index (κ2) is 13.6. The molecule has 3 heterocycles. The van der Waals surface area contributed by atoms with Gasteiger partial charge in [-0.15, -0.1) is 12.8 Å². The molecule has 3 aromatic heterocycles. The fourth-order valence-corrected chi connectivity index (χ4v) is 4.74. The highest BCUT2D eigenvalue weighted by Gasteiger charge is 2.15. The number of halogens is 1. The van der Waals surface area contributed by atoms with Gasteiger partial charge in [0.05, 0.1) is 11.9 Å². The van der Waals surface area contributed by atoms with E-state index < -0.39 is 5.82 Å². The van der Waals surface area contributed by atoms with Gasteiger partial charge >= 0.3 is 0 Å². The number of allylic oxidation sites excluding steroid dienone is 2. The molecule has 0 unspecified atom stereocenters. The van der Waals surface area contributed by atoms with Gasteiger partial charge in [-0.1, -0.05) is 61.7 Å². The van der Waals surface area contributed by atoms with E-state index in [9.17, 15) is 0 Å². The summed E-state index contributed by atoms with van der Waals surface area (Å²) in [5.41, 5.74) is 16.0. The first kappa shape index (κ1) is 29.3. The van der Waals surface area contributed by atoms with Crippen molar-refractivity contribution in [2.45, 2.75) is 13.3 Å². The monoisotopic (exact) mass is 553 g/mol. The molecule has 2 aromatic carbocycles. The van der Waals surface area contributed by atoms with Crippen molar-refractivity contribution in [3.05, 3.63) is 156 Å². The van der Waals surface area contributed by atoms with Crippen LogP contribution in [0.3, 0.4) is 0 Å². The first-order valence-corrected chi connectivity index (χ1v) is 13.2. The van der Waals surface area contributed by atoms with Crippen molar-refractivity contribution in [2.24, 2.45) is 0 Å². The zero-order valence-electron chi connectivity index (χ0n) is 23.4. The minimum atomic E-state index is -0.404. The van der Waals surface area contributed by atoms with Crippen LogP contribution in [0.2, 0.25) is 0 Å². The zero-order chi connectivity index (χ0) is 30.1. The summed E-state index contributed by atoms with van der Waals surface area (Å²) >= 11 is 0. The number of benzene rings is 2. The predicted molar refractivity (Wildman–Crippen MR) is 173 cm³/mol. The van der Waals surface area contributed by atoms with Crippen LogP contribution in [-0.4, -0.2) is 15.0 Å². The Bertz CT molecular complexity index is 1750. The topological polar surface area (TPSA) is 79.6 Å². The van der Waals surface area contributed by atoms with E-state index in [1.54, 1.807) is 30.7 Å². The Morgan fingerprint density at radius 3 is 2.48 bits per heavy atom. The number of aryl methyl sites for hydroxylation is 1. The second-order valence-electron chi connectivity index (χ2n) is 9.53. The van der Waals surface area contributed by atoms with Crippen LogP contribution in [0.15, 0.2) is 117 Å². The van der Waals surface area contributed by atoms with Crippen LogP contribution in [0.4, 0.5) is 15.8 Å². The van der Waals surface area contributed by atoms with Gasteiger partial charge in [-0.25, -0.2) is 4.39 Å². The number of nitrogens with zero attached hydrogens (tertiary/aromatic N) is 2. The number of rotatable bonds is 9. The van der Waals surface area contributed by atoms with Gasteiger partial charge in [-0.05, 0) is 54.0 Å². The first-order chi connectivity index (χ1) is 20.4. The normalized spacial score (nSPS) is 10.8. The molecule has 0 bridgehead atoms. The highest BCUT2D eigenvalue weighted by molar-refractivity contribution is 5.82. The van der Waals surface area contributed by atoms with Gasteiger partial charge in [-0.3, -0.25) is 9.97 Å². The smallest absolute Gasteiger partial charge is 0.133 e. The number of hydrogen-bond acceptors (Lipinski definition) is 4. The molecule has 4 N–H and O–H groups in total. The quantitative estimate of drug-likeness (QED) is 0.0980. The molecule has 0 fully saturated rings. The molecule has 0 atom stereocenters. The fraction of sp³-hybridized carbons (Fsp3) is 0.0556. The van der Waals surface area contributed by atoms with Crippen molar-refractivity contribution < 1.29 is 4.39 Å². The first-order valence-electron chi connectivity index (χ1n) is 13.2. The SMILES string of the molecule is C#C.C=C/C=C(/c1cccnc1)c1cc(Cc2cc(-c3cncc(NC(=C)c4ccccc4)c3)c(F)cc2N)[nH]c1C. The maximum absolute atomic E-state index is 15.2. The lowest BCUT2D eigenvalue weighted by molar-refractivity contribution is 0.631. The number of hydrogen-bond donors (Lipinski definition) is 3. The highest BCUT2D eigenvalue weighted by atomic mass is 19.1.